The van der Waals surface area contributed by atoms with Crippen LogP contribution in [0, 0.1) is 17.8 Å². The Morgan fingerprint density at radius 2 is 2.05 bits per heavy atom. The van der Waals surface area contributed by atoms with Gasteiger partial charge < -0.3 is 24.4 Å². The largest absolute Gasteiger partial charge is 0.466 e. The summed E-state index contributed by atoms with van der Waals surface area (Å²) in [6, 6.07) is 8.07. The molecule has 0 aromatic heterocycles. The lowest BCUT2D eigenvalue weighted by atomic mass is 9.70. The van der Waals surface area contributed by atoms with Crippen molar-refractivity contribution in [3.63, 3.8) is 0 Å². The highest BCUT2D eigenvalue weighted by Gasteiger charge is 2.77. The number of hydrogen-bond acceptors (Lipinski definition) is 6. The molecule has 1 aromatic carbocycles. The van der Waals surface area contributed by atoms with Crippen molar-refractivity contribution in [1.82, 2.24) is 9.80 Å². The van der Waals surface area contributed by atoms with Gasteiger partial charge in [-0.25, -0.2) is 0 Å². The van der Waals surface area contributed by atoms with Crippen molar-refractivity contribution in [2.75, 3.05) is 19.8 Å². The summed E-state index contributed by atoms with van der Waals surface area (Å²) in [5.41, 5.74) is -0.242. The van der Waals surface area contributed by atoms with E-state index in [0.717, 1.165) is 5.56 Å². The molecular formula is C28H37BrN2O6. The number of carbonyl (C=O) groups excluding carboxylic acids is 3. The Morgan fingerprint density at radius 3 is 2.65 bits per heavy atom. The third kappa shape index (κ3) is 4.86. The number of rotatable bonds is 11. The van der Waals surface area contributed by atoms with Gasteiger partial charge in [0.2, 0.25) is 11.8 Å². The predicted molar refractivity (Wildman–Crippen MR) is 142 cm³/mol. The van der Waals surface area contributed by atoms with Gasteiger partial charge in [-0.3, -0.25) is 14.4 Å². The lowest BCUT2D eigenvalue weighted by Crippen LogP contribution is -2.59. The van der Waals surface area contributed by atoms with E-state index in [2.05, 4.69) is 22.5 Å². The lowest BCUT2D eigenvalue weighted by molar-refractivity contribution is -0.156. The van der Waals surface area contributed by atoms with Crippen molar-refractivity contribution in [3.05, 3.63) is 48.6 Å². The molecule has 2 amide bonds. The Kier molecular flexibility index (Phi) is 8.45. The SMILES string of the molecule is C=CCN(Cc1ccccc1)C(=O)C1N([C@@H](CO)CC(C)C)C(=O)[C@@H]2[C@@H](C(=O)OCC)[C@@H]3OC12CC3Br. The van der Waals surface area contributed by atoms with E-state index in [-0.39, 0.29) is 42.3 Å². The molecule has 3 aliphatic heterocycles. The molecule has 0 aliphatic carbocycles. The van der Waals surface area contributed by atoms with E-state index in [1.165, 1.54) is 4.90 Å². The van der Waals surface area contributed by atoms with Crippen molar-refractivity contribution >= 4 is 33.7 Å². The van der Waals surface area contributed by atoms with Gasteiger partial charge in [-0.2, -0.15) is 0 Å². The molecule has 8 nitrogen and oxygen atoms in total. The van der Waals surface area contributed by atoms with E-state index in [0.29, 0.717) is 19.4 Å². The minimum Gasteiger partial charge on any atom is -0.466 e. The summed E-state index contributed by atoms with van der Waals surface area (Å²) in [6.45, 7) is 10.1. The first kappa shape index (κ1) is 27.8. The highest BCUT2D eigenvalue weighted by molar-refractivity contribution is 9.09. The number of benzene rings is 1. The number of ether oxygens (including phenoxy) is 2. The summed E-state index contributed by atoms with van der Waals surface area (Å²) in [4.78, 5) is 44.7. The van der Waals surface area contributed by atoms with Crippen molar-refractivity contribution in [2.24, 2.45) is 17.8 Å². The Hall–Kier alpha value is -2.23. The maximum Gasteiger partial charge on any atom is 0.312 e. The molecule has 202 valence electrons. The lowest BCUT2D eigenvalue weighted by Gasteiger charge is -2.39. The van der Waals surface area contributed by atoms with Gasteiger partial charge in [0.25, 0.3) is 0 Å². The average Bonchev–Trinajstić information content (AvgIpc) is 3.46. The summed E-state index contributed by atoms with van der Waals surface area (Å²) in [7, 11) is 0. The second-order valence-electron chi connectivity index (χ2n) is 10.6. The maximum atomic E-state index is 14.4. The first-order valence-corrected chi connectivity index (χ1v) is 14.0. The molecule has 3 saturated heterocycles. The molecule has 2 bridgehead atoms. The maximum absolute atomic E-state index is 14.4. The van der Waals surface area contributed by atoms with Crippen LogP contribution in [0.1, 0.15) is 39.2 Å². The number of amides is 2. The molecule has 3 fully saturated rings. The Balaban J connectivity index is 1.79. The van der Waals surface area contributed by atoms with Crippen molar-refractivity contribution in [3.8, 4) is 0 Å². The molecule has 1 aromatic rings. The fourth-order valence-electron chi connectivity index (χ4n) is 6.43. The van der Waals surface area contributed by atoms with Crippen LogP contribution in [-0.2, 0) is 30.4 Å². The molecular weight excluding hydrogens is 540 g/mol. The summed E-state index contributed by atoms with van der Waals surface area (Å²) in [5.74, 6) is -2.56. The molecule has 3 unspecified atom stereocenters. The van der Waals surface area contributed by atoms with E-state index >= 15 is 0 Å². The average molecular weight is 578 g/mol. The highest BCUT2D eigenvalue weighted by Crippen LogP contribution is 2.60. The number of fused-ring (bicyclic) bond motifs is 1. The smallest absolute Gasteiger partial charge is 0.312 e. The topological polar surface area (TPSA) is 96.4 Å². The summed E-state index contributed by atoms with van der Waals surface area (Å²) in [6.07, 6.45) is 2.02. The zero-order valence-electron chi connectivity index (χ0n) is 21.7. The first-order valence-electron chi connectivity index (χ1n) is 13.0. The number of hydrogen-bond donors (Lipinski definition) is 1. The van der Waals surface area contributed by atoms with Crippen LogP contribution in [0.5, 0.6) is 0 Å². The van der Waals surface area contributed by atoms with Crippen LogP contribution in [0.25, 0.3) is 0 Å². The molecule has 9 heteroatoms. The van der Waals surface area contributed by atoms with Crippen LogP contribution >= 0.6 is 15.9 Å². The molecule has 3 aliphatic rings. The van der Waals surface area contributed by atoms with Gasteiger partial charge in [0, 0.05) is 17.9 Å². The Morgan fingerprint density at radius 1 is 1.35 bits per heavy atom. The van der Waals surface area contributed by atoms with Gasteiger partial charge in [0.1, 0.15) is 11.6 Å². The monoisotopic (exact) mass is 576 g/mol. The number of alkyl halides is 1. The van der Waals surface area contributed by atoms with Gasteiger partial charge in [-0.1, -0.05) is 66.2 Å². The number of esters is 1. The van der Waals surface area contributed by atoms with Gasteiger partial charge >= 0.3 is 5.97 Å². The summed E-state index contributed by atoms with van der Waals surface area (Å²) >= 11 is 3.67. The summed E-state index contributed by atoms with van der Waals surface area (Å²) < 4.78 is 11.9. The molecule has 0 saturated carbocycles. The number of likely N-dealkylation sites (tertiary alicyclic amines) is 1. The van der Waals surface area contributed by atoms with E-state index in [9.17, 15) is 19.5 Å². The number of aliphatic hydroxyl groups is 1. The van der Waals surface area contributed by atoms with Crippen LogP contribution in [0.3, 0.4) is 0 Å². The van der Waals surface area contributed by atoms with E-state index < -0.39 is 41.6 Å². The van der Waals surface area contributed by atoms with Crippen molar-refractivity contribution in [1.29, 1.82) is 0 Å². The van der Waals surface area contributed by atoms with E-state index in [1.54, 1.807) is 17.9 Å². The molecule has 7 atom stereocenters. The zero-order chi connectivity index (χ0) is 26.9. The van der Waals surface area contributed by atoms with Crippen molar-refractivity contribution in [2.45, 2.75) is 68.8 Å². The third-order valence-corrected chi connectivity index (χ3v) is 8.59. The first-order chi connectivity index (χ1) is 17.7. The van der Waals surface area contributed by atoms with Crippen molar-refractivity contribution < 1.29 is 29.0 Å². The van der Waals surface area contributed by atoms with Crippen LogP contribution in [0.4, 0.5) is 0 Å². The molecule has 4 rings (SSSR count). The van der Waals surface area contributed by atoms with E-state index in [1.807, 2.05) is 44.2 Å². The molecule has 37 heavy (non-hydrogen) atoms. The van der Waals surface area contributed by atoms with Crippen LogP contribution in [0.2, 0.25) is 0 Å². The van der Waals surface area contributed by atoms with Crippen LogP contribution in [-0.4, -0.2) is 81.1 Å². The number of nitrogens with zero attached hydrogens (tertiary/aromatic N) is 2. The zero-order valence-corrected chi connectivity index (χ0v) is 23.3. The summed E-state index contributed by atoms with van der Waals surface area (Å²) in [5, 5.41) is 10.4. The Labute approximate surface area is 227 Å². The van der Waals surface area contributed by atoms with Crippen LogP contribution in [0.15, 0.2) is 43.0 Å². The fourth-order valence-corrected chi connectivity index (χ4v) is 7.38. The quantitative estimate of drug-likeness (QED) is 0.247. The van der Waals surface area contributed by atoms with Crippen LogP contribution < -0.4 is 0 Å². The number of halogens is 1. The van der Waals surface area contributed by atoms with Gasteiger partial charge in [0.05, 0.1) is 37.2 Å². The molecule has 1 spiro atoms. The van der Waals surface area contributed by atoms with Gasteiger partial charge in [-0.05, 0) is 31.2 Å². The van der Waals surface area contributed by atoms with Gasteiger partial charge in [0.15, 0.2) is 0 Å². The number of carbonyl (C=O) groups is 3. The fraction of sp³-hybridized carbons (Fsp3) is 0.607. The third-order valence-electron chi connectivity index (χ3n) is 7.74. The normalized spacial score (nSPS) is 30.9. The molecule has 1 N–H and O–H groups in total. The molecule has 3 heterocycles. The predicted octanol–water partition coefficient (Wildman–Crippen LogP) is 2.92. The minimum atomic E-state index is -1.19. The minimum absolute atomic E-state index is 0.175. The second-order valence-corrected chi connectivity index (χ2v) is 11.8. The number of aliphatic hydroxyl groups excluding tert-OH is 1. The standard InChI is InChI=1S/C28H37BrN2O6/c1-5-12-30(15-18-10-8-7-9-11-18)26(34)24-28-14-20(29)23(37-28)21(27(35)36-6-2)22(28)25(33)31(24)19(16-32)13-17(3)4/h5,7-11,17,19-24,32H,1,6,12-16H2,2-4H3/t19-,20?,21-,22+,23-,24?,28?/m1/s1. The van der Waals surface area contributed by atoms with E-state index in [4.69, 9.17) is 9.47 Å². The van der Waals surface area contributed by atoms with Gasteiger partial charge in [-0.15, -0.1) is 6.58 Å². The highest BCUT2D eigenvalue weighted by atomic mass is 79.9. The molecule has 0 radical (unpaired) electrons. The Bertz CT molecular complexity index is 1020. The second kappa shape index (κ2) is 11.3.